The predicted molar refractivity (Wildman–Crippen MR) is 120 cm³/mol. The second kappa shape index (κ2) is 10.8. The van der Waals surface area contributed by atoms with Crippen molar-refractivity contribution in [3.63, 3.8) is 0 Å². The number of para-hydroxylation sites is 1. The van der Waals surface area contributed by atoms with Crippen LogP contribution in [-0.4, -0.2) is 38.2 Å². The van der Waals surface area contributed by atoms with Gasteiger partial charge in [0.25, 0.3) is 5.91 Å². The van der Waals surface area contributed by atoms with Gasteiger partial charge >= 0.3 is 6.03 Å². The van der Waals surface area contributed by atoms with Gasteiger partial charge in [-0.05, 0) is 49.1 Å². The van der Waals surface area contributed by atoms with Gasteiger partial charge in [-0.3, -0.25) is 4.79 Å². The van der Waals surface area contributed by atoms with Gasteiger partial charge in [0.1, 0.15) is 0 Å². The highest BCUT2D eigenvalue weighted by Crippen LogP contribution is 2.26. The maximum atomic E-state index is 12.8. The number of hydrogen-bond acceptors (Lipinski definition) is 3. The molecule has 2 aromatic carbocycles. The number of carbonyl (C=O) groups excluding carboxylic acids is 2. The fourth-order valence-electron chi connectivity index (χ4n) is 3.77. The second-order valence-corrected chi connectivity index (χ2v) is 7.83. The molecule has 2 atom stereocenters. The van der Waals surface area contributed by atoms with Crippen molar-refractivity contribution in [2.75, 3.05) is 30.4 Å². The minimum atomic E-state index is -0.309. The van der Waals surface area contributed by atoms with Crippen LogP contribution in [0.3, 0.4) is 0 Å². The molecule has 1 fully saturated rings. The van der Waals surface area contributed by atoms with E-state index in [1.807, 2.05) is 30.3 Å². The maximum Gasteiger partial charge on any atom is 0.319 e. The number of hydrogen-bond donors (Lipinski definition) is 2. The fourth-order valence-corrected chi connectivity index (χ4v) is 3.77. The lowest BCUT2D eigenvalue weighted by molar-refractivity contribution is -0.00232. The first kappa shape index (κ1) is 21.8. The summed E-state index contributed by atoms with van der Waals surface area (Å²) in [5.74, 6) is 0.446. The standard InChI is InChI=1S/C24H31N3O3/c1-18-9-6-7-14-22(18)30-16-15-25-24(29)26-20-11-8-10-19(17-20)23(28)27(2)21-12-4-3-5-13-21/h3-5,8,10-13,17-18,22H,6-7,9,14-16H2,1-2H3,(H2,25,26,29)/t18-,22+/m1/s1. The lowest BCUT2D eigenvalue weighted by atomic mass is 9.88. The first-order valence-corrected chi connectivity index (χ1v) is 10.6. The number of rotatable bonds is 7. The van der Waals surface area contributed by atoms with Crippen molar-refractivity contribution in [1.29, 1.82) is 0 Å². The molecule has 6 nitrogen and oxygen atoms in total. The molecule has 0 aromatic heterocycles. The summed E-state index contributed by atoms with van der Waals surface area (Å²) in [6, 6.07) is 16.1. The molecule has 3 rings (SSSR count). The van der Waals surface area contributed by atoms with E-state index in [4.69, 9.17) is 4.74 Å². The van der Waals surface area contributed by atoms with E-state index in [1.54, 1.807) is 36.2 Å². The zero-order valence-corrected chi connectivity index (χ0v) is 17.8. The Labute approximate surface area is 178 Å². The monoisotopic (exact) mass is 409 g/mol. The zero-order valence-electron chi connectivity index (χ0n) is 17.8. The molecule has 30 heavy (non-hydrogen) atoms. The summed E-state index contributed by atoms with van der Waals surface area (Å²) in [4.78, 5) is 26.5. The van der Waals surface area contributed by atoms with Crippen LogP contribution in [0.25, 0.3) is 0 Å². The van der Waals surface area contributed by atoms with Gasteiger partial charge in [0, 0.05) is 30.5 Å². The van der Waals surface area contributed by atoms with Crippen LogP contribution in [-0.2, 0) is 4.74 Å². The minimum absolute atomic E-state index is 0.139. The first-order chi connectivity index (χ1) is 14.5. The molecule has 160 valence electrons. The fraction of sp³-hybridized carbons (Fsp3) is 0.417. The van der Waals surface area contributed by atoms with Gasteiger partial charge < -0.3 is 20.3 Å². The molecular formula is C24H31N3O3. The number of nitrogens with one attached hydrogen (secondary N) is 2. The SMILES string of the molecule is C[C@@H]1CCCC[C@@H]1OCCNC(=O)Nc1cccc(C(=O)N(C)c2ccccc2)c1. The van der Waals surface area contributed by atoms with Crippen molar-refractivity contribution >= 4 is 23.3 Å². The number of nitrogens with zero attached hydrogens (tertiary/aromatic N) is 1. The Morgan fingerprint density at radius 1 is 1.07 bits per heavy atom. The Bertz CT molecular complexity index is 841. The van der Waals surface area contributed by atoms with E-state index in [0.717, 1.165) is 12.1 Å². The van der Waals surface area contributed by atoms with E-state index in [-0.39, 0.29) is 11.9 Å². The molecule has 6 heteroatoms. The number of anilines is 2. The van der Waals surface area contributed by atoms with Gasteiger partial charge in [0.05, 0.1) is 12.7 Å². The van der Waals surface area contributed by atoms with Gasteiger partial charge in [0.15, 0.2) is 0 Å². The highest BCUT2D eigenvalue weighted by atomic mass is 16.5. The first-order valence-electron chi connectivity index (χ1n) is 10.6. The number of benzene rings is 2. The van der Waals surface area contributed by atoms with E-state index in [0.29, 0.717) is 36.4 Å². The van der Waals surface area contributed by atoms with Crippen LogP contribution >= 0.6 is 0 Å². The maximum absolute atomic E-state index is 12.8. The summed E-state index contributed by atoms with van der Waals surface area (Å²) in [6.07, 6.45) is 5.12. The molecule has 2 N–H and O–H groups in total. The molecule has 2 aromatic rings. The minimum Gasteiger partial charge on any atom is -0.376 e. The average molecular weight is 410 g/mol. The Kier molecular flexibility index (Phi) is 7.85. The van der Waals surface area contributed by atoms with Crippen LogP contribution < -0.4 is 15.5 Å². The third kappa shape index (κ3) is 6.07. The molecular weight excluding hydrogens is 378 g/mol. The van der Waals surface area contributed by atoms with E-state index < -0.39 is 0 Å². The van der Waals surface area contributed by atoms with E-state index >= 15 is 0 Å². The van der Waals surface area contributed by atoms with Crippen LogP contribution in [0, 0.1) is 5.92 Å². The Morgan fingerprint density at radius 2 is 1.83 bits per heavy atom. The van der Waals surface area contributed by atoms with Gasteiger partial charge in [0.2, 0.25) is 0 Å². The lowest BCUT2D eigenvalue weighted by Crippen LogP contribution is -2.34. The average Bonchev–Trinajstić information content (AvgIpc) is 2.77. The molecule has 1 aliphatic carbocycles. The van der Waals surface area contributed by atoms with Crippen molar-refractivity contribution in [2.45, 2.75) is 38.7 Å². The second-order valence-electron chi connectivity index (χ2n) is 7.83. The molecule has 0 spiro atoms. The van der Waals surface area contributed by atoms with Gasteiger partial charge in [-0.15, -0.1) is 0 Å². The Hall–Kier alpha value is -2.86. The van der Waals surface area contributed by atoms with Crippen LogP contribution in [0.15, 0.2) is 54.6 Å². The molecule has 0 unspecified atom stereocenters. The number of ether oxygens (including phenoxy) is 1. The third-order valence-electron chi connectivity index (χ3n) is 5.57. The summed E-state index contributed by atoms with van der Waals surface area (Å²) in [6.45, 7) is 3.18. The van der Waals surface area contributed by atoms with E-state index in [1.165, 1.54) is 19.3 Å². The van der Waals surface area contributed by atoms with Gasteiger partial charge in [-0.2, -0.15) is 0 Å². The number of carbonyl (C=O) groups is 2. The zero-order chi connectivity index (χ0) is 21.3. The lowest BCUT2D eigenvalue weighted by Gasteiger charge is -2.28. The third-order valence-corrected chi connectivity index (χ3v) is 5.57. The molecule has 3 amide bonds. The number of amides is 3. The van der Waals surface area contributed by atoms with Crippen molar-refractivity contribution < 1.29 is 14.3 Å². The van der Waals surface area contributed by atoms with Gasteiger partial charge in [-0.25, -0.2) is 4.79 Å². The summed E-state index contributed by atoms with van der Waals surface area (Å²) in [5, 5.41) is 5.60. The van der Waals surface area contributed by atoms with Crippen molar-refractivity contribution in [1.82, 2.24) is 5.32 Å². The topological polar surface area (TPSA) is 70.7 Å². The van der Waals surface area contributed by atoms with Crippen molar-refractivity contribution in [3.05, 3.63) is 60.2 Å². The highest BCUT2D eigenvalue weighted by Gasteiger charge is 2.21. The molecule has 0 bridgehead atoms. The quantitative estimate of drug-likeness (QED) is 0.652. The molecule has 0 saturated heterocycles. The molecule has 0 heterocycles. The van der Waals surface area contributed by atoms with Crippen molar-refractivity contribution in [3.8, 4) is 0 Å². The van der Waals surface area contributed by atoms with Crippen LogP contribution in [0.2, 0.25) is 0 Å². The molecule has 0 radical (unpaired) electrons. The number of urea groups is 1. The Morgan fingerprint density at radius 3 is 2.60 bits per heavy atom. The van der Waals surface area contributed by atoms with E-state index in [2.05, 4.69) is 17.6 Å². The van der Waals surface area contributed by atoms with E-state index in [9.17, 15) is 9.59 Å². The Balaban J connectivity index is 1.47. The van der Waals surface area contributed by atoms with Crippen LogP contribution in [0.5, 0.6) is 0 Å². The summed E-state index contributed by atoms with van der Waals surface area (Å²) in [5.41, 5.74) is 1.89. The summed E-state index contributed by atoms with van der Waals surface area (Å²) < 4.78 is 5.92. The summed E-state index contributed by atoms with van der Waals surface area (Å²) in [7, 11) is 1.73. The molecule has 1 aliphatic rings. The smallest absolute Gasteiger partial charge is 0.319 e. The predicted octanol–water partition coefficient (Wildman–Crippen LogP) is 4.68. The molecule has 0 aliphatic heterocycles. The largest absolute Gasteiger partial charge is 0.376 e. The highest BCUT2D eigenvalue weighted by molar-refractivity contribution is 6.06. The van der Waals surface area contributed by atoms with Crippen LogP contribution in [0.4, 0.5) is 16.2 Å². The van der Waals surface area contributed by atoms with Crippen LogP contribution in [0.1, 0.15) is 43.0 Å². The summed E-state index contributed by atoms with van der Waals surface area (Å²) >= 11 is 0. The van der Waals surface area contributed by atoms with Gasteiger partial charge in [-0.1, -0.05) is 44.0 Å². The molecule has 1 saturated carbocycles. The van der Waals surface area contributed by atoms with Crippen molar-refractivity contribution in [2.24, 2.45) is 5.92 Å². The normalized spacial score (nSPS) is 18.5.